The van der Waals surface area contributed by atoms with Crippen LogP contribution in [-0.4, -0.2) is 24.1 Å². The molecule has 1 aromatic carbocycles. The highest BCUT2D eigenvalue weighted by molar-refractivity contribution is 5.13. The van der Waals surface area contributed by atoms with Gasteiger partial charge in [-0.3, -0.25) is 0 Å². The molecule has 0 fully saturated rings. The van der Waals surface area contributed by atoms with Gasteiger partial charge in [-0.2, -0.15) is 0 Å². The first kappa shape index (κ1) is 27.2. The normalized spacial score (nSPS) is 11.8. The van der Waals surface area contributed by atoms with Crippen molar-refractivity contribution < 1.29 is 4.48 Å². The van der Waals surface area contributed by atoms with Gasteiger partial charge in [-0.05, 0) is 26.7 Å². The van der Waals surface area contributed by atoms with Crippen LogP contribution >= 0.6 is 0 Å². The van der Waals surface area contributed by atoms with E-state index < -0.39 is 0 Å². The molecule has 0 amide bonds. The predicted molar refractivity (Wildman–Crippen MR) is 136 cm³/mol. The third-order valence-corrected chi connectivity index (χ3v) is 7.19. The Labute approximate surface area is 190 Å². The average molecular weight is 417 g/mol. The molecule has 0 radical (unpaired) electrons. The number of rotatable bonds is 21. The molecule has 0 aliphatic heterocycles. The van der Waals surface area contributed by atoms with Gasteiger partial charge in [-0.1, -0.05) is 127 Å². The van der Waals surface area contributed by atoms with Gasteiger partial charge in [0.15, 0.2) is 0 Å². The zero-order valence-electron chi connectivity index (χ0n) is 21.0. The smallest absolute Gasteiger partial charge is 0.104 e. The van der Waals surface area contributed by atoms with E-state index in [1.165, 1.54) is 139 Å². The molecular formula is C29H54N+. The van der Waals surface area contributed by atoms with E-state index in [0.717, 1.165) is 0 Å². The van der Waals surface area contributed by atoms with Crippen LogP contribution in [-0.2, 0) is 6.54 Å². The second kappa shape index (κ2) is 18.9. The maximum atomic E-state index is 2.37. The van der Waals surface area contributed by atoms with Crippen molar-refractivity contribution in [3.63, 3.8) is 0 Å². The van der Waals surface area contributed by atoms with Crippen LogP contribution in [0.25, 0.3) is 0 Å². The number of benzene rings is 1. The molecule has 1 nitrogen and oxygen atoms in total. The Kier molecular flexibility index (Phi) is 17.2. The molecule has 1 heteroatoms. The van der Waals surface area contributed by atoms with E-state index in [4.69, 9.17) is 0 Å². The van der Waals surface area contributed by atoms with E-state index >= 15 is 0 Å². The van der Waals surface area contributed by atoms with Crippen LogP contribution in [0.2, 0.25) is 0 Å². The van der Waals surface area contributed by atoms with Gasteiger partial charge in [0.05, 0.1) is 19.6 Å². The zero-order valence-corrected chi connectivity index (χ0v) is 21.0. The average Bonchev–Trinajstić information content (AvgIpc) is 2.78. The topological polar surface area (TPSA) is 0 Å². The third-order valence-electron chi connectivity index (χ3n) is 7.19. The summed E-state index contributed by atoms with van der Waals surface area (Å²) < 4.78 is 1.25. The van der Waals surface area contributed by atoms with Crippen molar-refractivity contribution in [2.75, 3.05) is 19.6 Å². The van der Waals surface area contributed by atoms with Crippen LogP contribution in [0.3, 0.4) is 0 Å². The maximum absolute atomic E-state index is 2.37. The van der Waals surface area contributed by atoms with E-state index in [-0.39, 0.29) is 0 Å². The second-order valence-electron chi connectivity index (χ2n) is 9.64. The fourth-order valence-electron chi connectivity index (χ4n) is 4.81. The highest BCUT2D eigenvalue weighted by atomic mass is 15.3. The molecule has 1 aromatic rings. The highest BCUT2D eigenvalue weighted by Gasteiger charge is 2.22. The summed E-state index contributed by atoms with van der Waals surface area (Å²) in [5.74, 6) is 0. The summed E-state index contributed by atoms with van der Waals surface area (Å²) in [5, 5.41) is 0. The molecule has 0 saturated carbocycles. The fourth-order valence-corrected chi connectivity index (χ4v) is 4.81. The first-order valence-electron chi connectivity index (χ1n) is 13.7. The van der Waals surface area contributed by atoms with Gasteiger partial charge in [0.1, 0.15) is 6.54 Å². The van der Waals surface area contributed by atoms with Crippen molar-refractivity contribution in [1.82, 2.24) is 0 Å². The largest absolute Gasteiger partial charge is 0.320 e. The Hall–Kier alpha value is -0.820. The fraction of sp³-hybridized carbons (Fsp3) is 0.793. The summed E-state index contributed by atoms with van der Waals surface area (Å²) in [6.45, 7) is 12.1. The summed E-state index contributed by atoms with van der Waals surface area (Å²) in [4.78, 5) is 0. The molecule has 0 spiro atoms. The Morgan fingerprint density at radius 3 is 1.30 bits per heavy atom. The van der Waals surface area contributed by atoms with Gasteiger partial charge < -0.3 is 4.48 Å². The number of hydrogen-bond acceptors (Lipinski definition) is 0. The molecule has 0 heterocycles. The van der Waals surface area contributed by atoms with Crippen LogP contribution in [0.4, 0.5) is 0 Å². The monoisotopic (exact) mass is 416 g/mol. The molecule has 0 N–H and O–H groups in total. The Morgan fingerprint density at radius 2 is 0.900 bits per heavy atom. The van der Waals surface area contributed by atoms with Crippen LogP contribution in [0, 0.1) is 0 Å². The SMILES string of the molecule is CCCCCCCCCCCCCCCCCC[N+](CC)(CC)Cc1ccccc1. The van der Waals surface area contributed by atoms with Crippen molar-refractivity contribution in [1.29, 1.82) is 0 Å². The van der Waals surface area contributed by atoms with Crippen molar-refractivity contribution in [2.45, 2.75) is 130 Å². The van der Waals surface area contributed by atoms with E-state index in [9.17, 15) is 0 Å². The van der Waals surface area contributed by atoms with Crippen molar-refractivity contribution in [2.24, 2.45) is 0 Å². The summed E-state index contributed by atoms with van der Waals surface area (Å²) in [7, 11) is 0. The Bertz CT molecular complexity index is 463. The lowest BCUT2D eigenvalue weighted by atomic mass is 10.0. The van der Waals surface area contributed by atoms with Crippen molar-refractivity contribution >= 4 is 0 Å². The van der Waals surface area contributed by atoms with Crippen LogP contribution in [0.15, 0.2) is 30.3 Å². The van der Waals surface area contributed by atoms with Crippen LogP contribution in [0.5, 0.6) is 0 Å². The quantitative estimate of drug-likeness (QED) is 0.138. The summed E-state index contributed by atoms with van der Waals surface area (Å²) in [6.07, 6.45) is 23.2. The molecule has 0 aliphatic rings. The number of quaternary nitrogens is 1. The lowest BCUT2D eigenvalue weighted by Gasteiger charge is -2.37. The van der Waals surface area contributed by atoms with Gasteiger partial charge >= 0.3 is 0 Å². The number of nitrogens with zero attached hydrogens (tertiary/aromatic N) is 1. The van der Waals surface area contributed by atoms with Gasteiger partial charge in [-0.15, -0.1) is 0 Å². The molecule has 0 bridgehead atoms. The molecule has 0 aromatic heterocycles. The first-order chi connectivity index (χ1) is 14.8. The van der Waals surface area contributed by atoms with Gasteiger partial charge in [0.2, 0.25) is 0 Å². The summed E-state index contributed by atoms with van der Waals surface area (Å²) in [5.41, 5.74) is 1.50. The number of unbranched alkanes of at least 4 members (excludes halogenated alkanes) is 15. The summed E-state index contributed by atoms with van der Waals surface area (Å²) >= 11 is 0. The molecule has 1 rings (SSSR count). The minimum Gasteiger partial charge on any atom is -0.320 e. The third kappa shape index (κ3) is 13.5. The highest BCUT2D eigenvalue weighted by Crippen LogP contribution is 2.18. The van der Waals surface area contributed by atoms with Crippen molar-refractivity contribution in [3.8, 4) is 0 Å². The van der Waals surface area contributed by atoms with Gasteiger partial charge in [-0.25, -0.2) is 0 Å². The predicted octanol–water partition coefficient (Wildman–Crippen LogP) is 9.30. The lowest BCUT2D eigenvalue weighted by Crippen LogP contribution is -2.47. The van der Waals surface area contributed by atoms with E-state index in [1.54, 1.807) is 0 Å². The van der Waals surface area contributed by atoms with Crippen LogP contribution < -0.4 is 0 Å². The molecule has 0 aliphatic carbocycles. The summed E-state index contributed by atoms with van der Waals surface area (Å²) in [6, 6.07) is 11.1. The van der Waals surface area contributed by atoms with Crippen LogP contribution in [0.1, 0.15) is 129 Å². The minimum atomic E-state index is 1.20. The molecule has 0 unspecified atom stereocenters. The zero-order chi connectivity index (χ0) is 21.8. The Morgan fingerprint density at radius 1 is 0.500 bits per heavy atom. The molecule has 174 valence electrons. The van der Waals surface area contributed by atoms with Gasteiger partial charge in [0.25, 0.3) is 0 Å². The Balaban J connectivity index is 1.95. The molecule has 30 heavy (non-hydrogen) atoms. The molecule has 0 atom stereocenters. The van der Waals surface area contributed by atoms with E-state index in [2.05, 4.69) is 51.1 Å². The molecular weight excluding hydrogens is 362 g/mol. The van der Waals surface area contributed by atoms with E-state index in [1.807, 2.05) is 0 Å². The van der Waals surface area contributed by atoms with E-state index in [0.29, 0.717) is 0 Å². The molecule has 0 saturated heterocycles. The van der Waals surface area contributed by atoms with Crippen molar-refractivity contribution in [3.05, 3.63) is 35.9 Å². The number of hydrogen-bond donors (Lipinski definition) is 0. The first-order valence-corrected chi connectivity index (χ1v) is 13.7. The standard InChI is InChI=1S/C29H54N/c1-4-7-8-9-10-11-12-13-14-15-16-17-18-19-20-24-27-30(5-2,6-3)28-29-25-22-21-23-26-29/h21-23,25-26H,4-20,24,27-28H2,1-3H3/q+1. The lowest BCUT2D eigenvalue weighted by molar-refractivity contribution is -0.938. The second-order valence-corrected chi connectivity index (χ2v) is 9.64. The minimum absolute atomic E-state index is 1.20. The maximum Gasteiger partial charge on any atom is 0.104 e. The van der Waals surface area contributed by atoms with Gasteiger partial charge in [0, 0.05) is 5.56 Å².